The number of nitrogens with two attached hydrogens (primary N) is 1. The molecule has 0 saturated heterocycles. The van der Waals surface area contributed by atoms with Gasteiger partial charge in [0.05, 0.1) is 11.7 Å². The first-order chi connectivity index (χ1) is 10.7. The largest absolute Gasteiger partial charge is 0.389 e. The quantitative estimate of drug-likeness (QED) is 0.847. The molecule has 1 aliphatic carbocycles. The molecule has 0 saturated carbocycles. The summed E-state index contributed by atoms with van der Waals surface area (Å²) in [7, 11) is 0. The number of nitriles is 1. The van der Waals surface area contributed by atoms with Gasteiger partial charge in [-0.25, -0.2) is 0 Å². The standard InChI is InChI=1S/C17H17N3OS/c18-8-13-12-5-6-20(9-15(12)22-17(13)19)14-7-10-3-1-2-4-11(10)16(14)21/h1-4,14,16,21H,5-7,9,19H2. The van der Waals surface area contributed by atoms with Gasteiger partial charge in [-0.05, 0) is 29.5 Å². The molecule has 3 N–H and O–H groups in total. The Morgan fingerprint density at radius 2 is 2.18 bits per heavy atom. The van der Waals surface area contributed by atoms with Crippen molar-refractivity contribution >= 4 is 16.3 Å². The van der Waals surface area contributed by atoms with Gasteiger partial charge in [0.1, 0.15) is 11.1 Å². The number of nitrogens with zero attached hydrogens (tertiary/aromatic N) is 2. The van der Waals surface area contributed by atoms with Crippen LogP contribution >= 0.6 is 11.3 Å². The van der Waals surface area contributed by atoms with Gasteiger partial charge >= 0.3 is 0 Å². The third-order valence-corrected chi connectivity index (χ3v) is 5.91. The van der Waals surface area contributed by atoms with E-state index in [-0.39, 0.29) is 6.04 Å². The molecule has 2 atom stereocenters. The molecule has 0 amide bonds. The van der Waals surface area contributed by atoms with E-state index in [4.69, 9.17) is 5.73 Å². The van der Waals surface area contributed by atoms with Crippen LogP contribution in [0.3, 0.4) is 0 Å². The van der Waals surface area contributed by atoms with E-state index in [2.05, 4.69) is 17.0 Å². The third kappa shape index (κ3) is 1.96. The molecular formula is C17H17N3OS. The van der Waals surface area contributed by atoms with E-state index in [1.54, 1.807) is 0 Å². The van der Waals surface area contributed by atoms with Gasteiger partial charge in [-0.15, -0.1) is 11.3 Å². The molecule has 22 heavy (non-hydrogen) atoms. The zero-order valence-electron chi connectivity index (χ0n) is 12.1. The summed E-state index contributed by atoms with van der Waals surface area (Å²) < 4.78 is 0. The summed E-state index contributed by atoms with van der Waals surface area (Å²) in [5.41, 5.74) is 10.0. The lowest BCUT2D eigenvalue weighted by molar-refractivity contribution is 0.0534. The van der Waals surface area contributed by atoms with Crippen molar-refractivity contribution < 1.29 is 5.11 Å². The molecular weight excluding hydrogens is 294 g/mol. The van der Waals surface area contributed by atoms with E-state index in [0.717, 1.165) is 37.1 Å². The fourth-order valence-corrected chi connectivity index (χ4v) is 4.83. The minimum atomic E-state index is -0.425. The summed E-state index contributed by atoms with van der Waals surface area (Å²) in [4.78, 5) is 3.52. The van der Waals surface area contributed by atoms with Gasteiger partial charge in [0.25, 0.3) is 0 Å². The Morgan fingerprint density at radius 1 is 1.36 bits per heavy atom. The van der Waals surface area contributed by atoms with Crippen molar-refractivity contribution in [3.63, 3.8) is 0 Å². The summed E-state index contributed by atoms with van der Waals surface area (Å²) >= 11 is 1.52. The number of benzene rings is 1. The molecule has 0 bridgehead atoms. The molecule has 1 aromatic carbocycles. The van der Waals surface area contributed by atoms with Crippen LogP contribution < -0.4 is 5.73 Å². The maximum atomic E-state index is 10.6. The van der Waals surface area contributed by atoms with Crippen molar-refractivity contribution in [3.8, 4) is 6.07 Å². The zero-order valence-corrected chi connectivity index (χ0v) is 12.9. The zero-order chi connectivity index (χ0) is 15.3. The van der Waals surface area contributed by atoms with E-state index in [0.29, 0.717) is 10.6 Å². The van der Waals surface area contributed by atoms with Crippen LogP contribution in [0.15, 0.2) is 24.3 Å². The maximum Gasteiger partial charge on any atom is 0.104 e. The number of anilines is 1. The molecule has 0 spiro atoms. The van der Waals surface area contributed by atoms with Crippen LogP contribution in [0.1, 0.15) is 33.2 Å². The van der Waals surface area contributed by atoms with Gasteiger partial charge in [-0.2, -0.15) is 5.26 Å². The average Bonchev–Trinajstić information content (AvgIpc) is 3.03. The number of nitrogen functional groups attached to an aromatic ring is 1. The molecule has 4 nitrogen and oxygen atoms in total. The van der Waals surface area contributed by atoms with Gasteiger partial charge in [-0.3, -0.25) is 4.90 Å². The minimum Gasteiger partial charge on any atom is -0.389 e. The highest BCUT2D eigenvalue weighted by molar-refractivity contribution is 7.16. The fourth-order valence-electron chi connectivity index (χ4n) is 3.73. The molecule has 1 aromatic heterocycles. The fraction of sp³-hybridized carbons (Fsp3) is 0.353. The molecule has 2 heterocycles. The van der Waals surface area contributed by atoms with Gasteiger partial charge in [0.15, 0.2) is 0 Å². The summed E-state index contributed by atoms with van der Waals surface area (Å²) in [6.07, 6.45) is 1.30. The predicted molar refractivity (Wildman–Crippen MR) is 86.5 cm³/mol. The van der Waals surface area contributed by atoms with Crippen molar-refractivity contribution in [2.45, 2.75) is 31.5 Å². The van der Waals surface area contributed by atoms with E-state index in [1.807, 2.05) is 18.2 Å². The summed E-state index contributed by atoms with van der Waals surface area (Å²) in [6, 6.07) is 10.5. The Bertz CT molecular complexity index is 777. The number of aliphatic hydroxyl groups is 1. The Morgan fingerprint density at radius 3 is 2.95 bits per heavy atom. The van der Waals surface area contributed by atoms with E-state index < -0.39 is 6.10 Å². The lowest BCUT2D eigenvalue weighted by Crippen LogP contribution is -2.41. The van der Waals surface area contributed by atoms with Crippen LogP contribution in [0, 0.1) is 11.3 Å². The first-order valence-electron chi connectivity index (χ1n) is 7.49. The molecule has 112 valence electrons. The SMILES string of the molecule is N#Cc1c(N)sc2c1CCN(C1Cc3ccccc3C1O)C2. The Balaban J connectivity index is 1.61. The Labute approximate surface area is 133 Å². The summed E-state index contributed by atoms with van der Waals surface area (Å²) in [6.45, 7) is 1.65. The second kappa shape index (κ2) is 5.10. The van der Waals surface area contributed by atoms with Gasteiger partial charge in [0.2, 0.25) is 0 Å². The highest BCUT2D eigenvalue weighted by atomic mass is 32.1. The van der Waals surface area contributed by atoms with E-state index in [1.165, 1.54) is 21.8 Å². The normalized spacial score (nSPS) is 23.8. The number of rotatable bonds is 1. The third-order valence-electron chi connectivity index (χ3n) is 4.86. The van der Waals surface area contributed by atoms with Crippen LogP contribution in [-0.2, 0) is 19.4 Å². The maximum absolute atomic E-state index is 10.6. The number of thiophene rings is 1. The second-order valence-corrected chi connectivity index (χ2v) is 7.13. The number of aliphatic hydroxyl groups excluding tert-OH is 1. The molecule has 0 radical (unpaired) electrons. The van der Waals surface area contributed by atoms with Crippen LogP contribution in [-0.4, -0.2) is 22.6 Å². The van der Waals surface area contributed by atoms with Crippen molar-refractivity contribution in [3.05, 3.63) is 51.4 Å². The van der Waals surface area contributed by atoms with Crippen LogP contribution in [0.25, 0.3) is 0 Å². The molecule has 4 rings (SSSR count). The Kier molecular flexibility index (Phi) is 3.19. The van der Waals surface area contributed by atoms with Crippen molar-refractivity contribution in [1.29, 1.82) is 5.26 Å². The van der Waals surface area contributed by atoms with Crippen LogP contribution in [0.2, 0.25) is 0 Å². The number of hydrogen-bond donors (Lipinski definition) is 2. The van der Waals surface area contributed by atoms with E-state index in [9.17, 15) is 10.4 Å². The number of fused-ring (bicyclic) bond motifs is 2. The molecule has 2 aliphatic rings. The highest BCUT2D eigenvalue weighted by Crippen LogP contribution is 2.39. The lowest BCUT2D eigenvalue weighted by atomic mass is 10.0. The summed E-state index contributed by atoms with van der Waals surface area (Å²) in [5.74, 6) is 0. The molecule has 5 heteroatoms. The van der Waals surface area contributed by atoms with Gasteiger partial charge < -0.3 is 10.8 Å². The van der Waals surface area contributed by atoms with Crippen LogP contribution in [0.4, 0.5) is 5.00 Å². The van der Waals surface area contributed by atoms with Crippen molar-refractivity contribution in [2.75, 3.05) is 12.3 Å². The van der Waals surface area contributed by atoms with Crippen molar-refractivity contribution in [1.82, 2.24) is 4.90 Å². The van der Waals surface area contributed by atoms with Crippen LogP contribution in [0.5, 0.6) is 0 Å². The molecule has 2 aromatic rings. The van der Waals surface area contributed by atoms with Crippen molar-refractivity contribution in [2.24, 2.45) is 0 Å². The number of hydrogen-bond acceptors (Lipinski definition) is 5. The van der Waals surface area contributed by atoms with E-state index >= 15 is 0 Å². The first-order valence-corrected chi connectivity index (χ1v) is 8.30. The van der Waals surface area contributed by atoms with Gasteiger partial charge in [-0.1, -0.05) is 24.3 Å². The average molecular weight is 311 g/mol. The monoisotopic (exact) mass is 311 g/mol. The first kappa shape index (κ1) is 13.8. The molecule has 1 aliphatic heterocycles. The predicted octanol–water partition coefficient (Wildman–Crippen LogP) is 2.22. The highest BCUT2D eigenvalue weighted by Gasteiger charge is 2.37. The Hall–Kier alpha value is -1.87. The minimum absolute atomic E-state index is 0.124. The summed E-state index contributed by atoms with van der Waals surface area (Å²) in [5, 5.41) is 20.5. The molecule has 0 fully saturated rings. The topological polar surface area (TPSA) is 73.3 Å². The lowest BCUT2D eigenvalue weighted by Gasteiger charge is -2.34. The molecule has 2 unspecified atom stereocenters. The second-order valence-electron chi connectivity index (χ2n) is 5.99. The smallest absolute Gasteiger partial charge is 0.104 e. The van der Waals surface area contributed by atoms with Gasteiger partial charge in [0, 0.05) is 24.0 Å².